The second kappa shape index (κ2) is 4.65. The molecule has 0 saturated heterocycles. The van der Waals surface area contributed by atoms with E-state index in [2.05, 4.69) is 4.18 Å². The number of rotatable bonds is 6. The van der Waals surface area contributed by atoms with E-state index in [1.54, 1.807) is 0 Å². The highest BCUT2D eigenvalue weighted by atomic mass is 32.2. The van der Waals surface area contributed by atoms with Crippen LogP contribution in [0.25, 0.3) is 0 Å². The highest BCUT2D eigenvalue weighted by Gasteiger charge is 2.65. The van der Waals surface area contributed by atoms with Crippen LogP contribution in [0, 0.1) is 0 Å². The zero-order valence-corrected chi connectivity index (χ0v) is 9.08. The summed E-state index contributed by atoms with van der Waals surface area (Å²) >= 11 is 0. The van der Waals surface area contributed by atoms with Crippen molar-refractivity contribution < 1.29 is 30.2 Å². The maximum absolute atomic E-state index is 12.9. The fourth-order valence-electron chi connectivity index (χ4n) is 0.832. The van der Waals surface area contributed by atoms with Crippen LogP contribution >= 0.6 is 0 Å². The van der Waals surface area contributed by atoms with Gasteiger partial charge in [0.15, 0.2) is 0 Å². The Hall–Kier alpha value is -0.370. The van der Waals surface area contributed by atoms with Gasteiger partial charge in [-0.1, -0.05) is 13.3 Å². The van der Waals surface area contributed by atoms with Gasteiger partial charge in [0, 0.05) is 6.42 Å². The zero-order valence-electron chi connectivity index (χ0n) is 8.27. The summed E-state index contributed by atoms with van der Waals surface area (Å²) in [6.45, 7) is 1.53. The van der Waals surface area contributed by atoms with E-state index < -0.39 is 27.7 Å². The van der Waals surface area contributed by atoms with Crippen molar-refractivity contribution in [2.75, 3.05) is 7.11 Å². The Morgan fingerprint density at radius 3 is 2.00 bits per heavy atom. The predicted molar refractivity (Wildman–Crippen MR) is 45.3 cm³/mol. The third-order valence-electron chi connectivity index (χ3n) is 1.80. The molecular formula is C7H12F4O3S. The molecule has 8 heteroatoms. The first-order valence-corrected chi connectivity index (χ1v) is 5.59. The smallest absolute Gasteiger partial charge is 0.269 e. The molecule has 0 N–H and O–H groups in total. The molecule has 0 saturated carbocycles. The summed E-state index contributed by atoms with van der Waals surface area (Å²) in [5.74, 6) is -4.61. The Balaban J connectivity index is 5.01. The molecule has 0 amide bonds. The Bertz CT molecular complexity index is 299. The second-order valence-electron chi connectivity index (χ2n) is 2.95. The molecule has 92 valence electrons. The van der Waals surface area contributed by atoms with Gasteiger partial charge in [0.1, 0.15) is 0 Å². The summed E-state index contributed by atoms with van der Waals surface area (Å²) in [6.07, 6.45) is -1.13. The van der Waals surface area contributed by atoms with Crippen LogP contribution in [0.1, 0.15) is 26.2 Å². The number of hydrogen-bond acceptors (Lipinski definition) is 3. The number of hydrogen-bond donors (Lipinski definition) is 0. The molecular weight excluding hydrogens is 240 g/mol. The van der Waals surface area contributed by atoms with Crippen molar-refractivity contribution in [3.63, 3.8) is 0 Å². The minimum absolute atomic E-state index is 0.193. The van der Waals surface area contributed by atoms with Crippen LogP contribution in [0.5, 0.6) is 0 Å². The SMILES string of the molecule is CCCCC(F)(F)C(F)(F)S(=O)(=O)OC. The molecule has 0 aliphatic rings. The first-order valence-electron chi connectivity index (χ1n) is 4.18. The second-order valence-corrected chi connectivity index (χ2v) is 4.70. The number of alkyl halides is 4. The van der Waals surface area contributed by atoms with E-state index in [4.69, 9.17) is 0 Å². The van der Waals surface area contributed by atoms with E-state index in [0.29, 0.717) is 7.11 Å². The van der Waals surface area contributed by atoms with E-state index in [0.717, 1.165) is 0 Å². The van der Waals surface area contributed by atoms with Gasteiger partial charge in [-0.15, -0.1) is 0 Å². The predicted octanol–water partition coefficient (Wildman–Crippen LogP) is 2.38. The molecule has 0 aromatic carbocycles. The fourth-order valence-corrected chi connectivity index (χ4v) is 1.51. The minimum atomic E-state index is -5.57. The molecule has 3 nitrogen and oxygen atoms in total. The molecule has 0 heterocycles. The lowest BCUT2D eigenvalue weighted by Gasteiger charge is -2.24. The van der Waals surface area contributed by atoms with E-state index in [-0.39, 0.29) is 12.8 Å². The molecule has 15 heavy (non-hydrogen) atoms. The summed E-state index contributed by atoms with van der Waals surface area (Å²) in [4.78, 5) is 0. The Kier molecular flexibility index (Phi) is 4.53. The topological polar surface area (TPSA) is 43.4 Å². The molecule has 0 aromatic rings. The van der Waals surface area contributed by atoms with Gasteiger partial charge >= 0.3 is 21.3 Å². The van der Waals surface area contributed by atoms with E-state index in [9.17, 15) is 26.0 Å². The molecule has 0 radical (unpaired) electrons. The van der Waals surface area contributed by atoms with Crippen LogP contribution < -0.4 is 0 Å². The van der Waals surface area contributed by atoms with Crippen molar-refractivity contribution in [2.24, 2.45) is 0 Å². The van der Waals surface area contributed by atoms with Crippen LogP contribution in [0.15, 0.2) is 0 Å². The van der Waals surface area contributed by atoms with Crippen LogP contribution in [0.4, 0.5) is 17.6 Å². The van der Waals surface area contributed by atoms with Gasteiger partial charge in [0.2, 0.25) is 0 Å². The van der Waals surface area contributed by atoms with Crippen molar-refractivity contribution >= 4 is 10.1 Å². The molecule has 0 rings (SSSR count). The van der Waals surface area contributed by atoms with Gasteiger partial charge in [-0.3, -0.25) is 4.18 Å². The summed E-state index contributed by atoms with van der Waals surface area (Å²) in [5, 5.41) is -5.19. The van der Waals surface area contributed by atoms with Crippen molar-refractivity contribution in [1.82, 2.24) is 0 Å². The first kappa shape index (κ1) is 14.6. The van der Waals surface area contributed by atoms with Crippen molar-refractivity contribution in [1.29, 1.82) is 0 Å². The molecule has 0 spiro atoms. The normalized spacial score (nSPS) is 14.3. The molecule has 0 atom stereocenters. The highest BCUT2D eigenvalue weighted by molar-refractivity contribution is 7.87. The monoisotopic (exact) mass is 252 g/mol. The van der Waals surface area contributed by atoms with Crippen LogP contribution in [-0.2, 0) is 14.3 Å². The third-order valence-corrected chi connectivity index (χ3v) is 3.17. The molecule has 0 aromatic heterocycles. The van der Waals surface area contributed by atoms with Crippen LogP contribution in [0.2, 0.25) is 0 Å². The quantitative estimate of drug-likeness (QED) is 0.538. The summed E-state index contributed by atoms with van der Waals surface area (Å²) < 4.78 is 76.0. The lowest BCUT2D eigenvalue weighted by molar-refractivity contribution is -0.165. The fraction of sp³-hybridized carbons (Fsp3) is 1.00. The molecule has 0 aliphatic heterocycles. The molecule has 0 aliphatic carbocycles. The van der Waals surface area contributed by atoms with Gasteiger partial charge in [0.05, 0.1) is 7.11 Å². The average molecular weight is 252 g/mol. The Labute approximate surface area is 85.5 Å². The van der Waals surface area contributed by atoms with Crippen molar-refractivity contribution in [3.8, 4) is 0 Å². The van der Waals surface area contributed by atoms with Crippen molar-refractivity contribution in [2.45, 2.75) is 37.4 Å². The van der Waals surface area contributed by atoms with E-state index in [1.807, 2.05) is 0 Å². The Morgan fingerprint density at radius 1 is 1.20 bits per heavy atom. The van der Waals surface area contributed by atoms with E-state index >= 15 is 0 Å². The first-order chi connectivity index (χ1) is 6.62. The largest absolute Gasteiger partial charge is 0.431 e. The molecule has 0 bridgehead atoms. The average Bonchev–Trinajstić information content (AvgIpc) is 2.14. The minimum Gasteiger partial charge on any atom is -0.269 e. The molecule has 0 unspecified atom stereocenters. The maximum atomic E-state index is 12.9. The lowest BCUT2D eigenvalue weighted by Crippen LogP contribution is -2.47. The van der Waals surface area contributed by atoms with Gasteiger partial charge in [-0.05, 0) is 6.42 Å². The van der Waals surface area contributed by atoms with Gasteiger partial charge in [-0.2, -0.15) is 26.0 Å². The van der Waals surface area contributed by atoms with Gasteiger partial charge in [0.25, 0.3) is 0 Å². The summed E-state index contributed by atoms with van der Waals surface area (Å²) in [7, 11) is -5.15. The number of halogens is 4. The van der Waals surface area contributed by atoms with Crippen LogP contribution in [0.3, 0.4) is 0 Å². The maximum Gasteiger partial charge on any atom is 0.431 e. The van der Waals surface area contributed by atoms with Gasteiger partial charge < -0.3 is 0 Å². The highest BCUT2D eigenvalue weighted by Crippen LogP contribution is 2.42. The lowest BCUT2D eigenvalue weighted by atomic mass is 10.1. The molecule has 0 fully saturated rings. The summed E-state index contributed by atoms with van der Waals surface area (Å²) in [6, 6.07) is 0. The standard InChI is InChI=1S/C7H12F4O3S/c1-3-4-5-6(8,9)7(10,11)15(12,13)14-2/h3-5H2,1-2H3. The van der Waals surface area contributed by atoms with E-state index in [1.165, 1.54) is 6.92 Å². The summed E-state index contributed by atoms with van der Waals surface area (Å²) in [5.41, 5.74) is 0. The van der Waals surface area contributed by atoms with Crippen LogP contribution in [-0.4, -0.2) is 26.7 Å². The van der Waals surface area contributed by atoms with Gasteiger partial charge in [-0.25, -0.2) is 0 Å². The number of unbranched alkanes of at least 4 members (excludes halogenated alkanes) is 1. The van der Waals surface area contributed by atoms with Crippen molar-refractivity contribution in [3.05, 3.63) is 0 Å². The Morgan fingerprint density at radius 2 is 1.67 bits per heavy atom. The third kappa shape index (κ3) is 2.81. The zero-order chi connectivity index (χ0) is 12.3.